The van der Waals surface area contributed by atoms with Gasteiger partial charge in [0, 0.05) is 17.3 Å². The van der Waals surface area contributed by atoms with Crippen LogP contribution in [0.3, 0.4) is 0 Å². The standard InChI is InChI=1S/C24H20F5N/c1-13-2-4-14(5-3-13)15-6-9-21(30-12-15)18-8-7-17(22(27)23(18)28)16-10-19(25)24(29)20(26)11-16/h6-14H,2-5H2,1H3. The molecule has 1 aromatic heterocycles. The third kappa shape index (κ3) is 3.83. The van der Waals surface area contributed by atoms with Crippen molar-refractivity contribution in [2.24, 2.45) is 5.92 Å². The molecule has 4 rings (SSSR count). The summed E-state index contributed by atoms with van der Waals surface area (Å²) in [4.78, 5) is 4.31. The molecule has 2 aromatic carbocycles. The molecule has 6 heteroatoms. The molecule has 0 N–H and O–H groups in total. The predicted molar refractivity (Wildman–Crippen MR) is 105 cm³/mol. The lowest BCUT2D eigenvalue weighted by atomic mass is 9.80. The summed E-state index contributed by atoms with van der Waals surface area (Å²) in [5.74, 6) is -5.89. The molecule has 1 heterocycles. The third-order valence-corrected chi connectivity index (χ3v) is 5.93. The van der Waals surface area contributed by atoms with Gasteiger partial charge in [-0.1, -0.05) is 31.9 Å². The molecule has 0 radical (unpaired) electrons. The molecule has 0 atom stereocenters. The number of rotatable bonds is 3. The van der Waals surface area contributed by atoms with Crippen molar-refractivity contribution in [3.8, 4) is 22.4 Å². The van der Waals surface area contributed by atoms with E-state index in [2.05, 4.69) is 11.9 Å². The molecule has 156 valence electrons. The Hall–Kier alpha value is -2.76. The molecule has 1 aliphatic carbocycles. The molecule has 0 spiro atoms. The van der Waals surface area contributed by atoms with Gasteiger partial charge in [-0.25, -0.2) is 22.0 Å². The average molecular weight is 417 g/mol. The van der Waals surface area contributed by atoms with Crippen molar-refractivity contribution in [1.82, 2.24) is 4.98 Å². The summed E-state index contributed by atoms with van der Waals surface area (Å²) >= 11 is 0. The van der Waals surface area contributed by atoms with E-state index in [1.54, 1.807) is 12.3 Å². The van der Waals surface area contributed by atoms with Gasteiger partial charge in [0.1, 0.15) is 0 Å². The first-order valence-corrected chi connectivity index (χ1v) is 9.94. The SMILES string of the molecule is CC1CCC(c2ccc(-c3ccc(-c4cc(F)c(F)c(F)c4)c(F)c3F)nc2)CC1. The Bertz CT molecular complexity index is 1050. The van der Waals surface area contributed by atoms with Crippen molar-refractivity contribution >= 4 is 0 Å². The van der Waals surface area contributed by atoms with E-state index < -0.39 is 29.1 Å². The van der Waals surface area contributed by atoms with Gasteiger partial charge in [0.05, 0.1) is 5.69 Å². The summed E-state index contributed by atoms with van der Waals surface area (Å²) in [6.07, 6.45) is 6.21. The fourth-order valence-electron chi connectivity index (χ4n) is 4.08. The van der Waals surface area contributed by atoms with Crippen molar-refractivity contribution in [2.75, 3.05) is 0 Å². The Kier molecular flexibility index (Phi) is 5.58. The van der Waals surface area contributed by atoms with Crippen molar-refractivity contribution in [2.45, 2.75) is 38.5 Å². The van der Waals surface area contributed by atoms with Gasteiger partial charge in [0.15, 0.2) is 29.1 Å². The van der Waals surface area contributed by atoms with E-state index in [-0.39, 0.29) is 22.4 Å². The summed E-state index contributed by atoms with van der Waals surface area (Å²) in [5.41, 5.74) is 0.650. The van der Waals surface area contributed by atoms with Crippen LogP contribution in [0.15, 0.2) is 42.6 Å². The van der Waals surface area contributed by atoms with E-state index in [1.165, 1.54) is 12.1 Å². The Balaban J connectivity index is 1.64. The van der Waals surface area contributed by atoms with Gasteiger partial charge in [-0.2, -0.15) is 0 Å². The molecule has 3 aromatic rings. The van der Waals surface area contributed by atoms with Gasteiger partial charge in [-0.3, -0.25) is 4.98 Å². The Morgan fingerprint density at radius 1 is 0.733 bits per heavy atom. The number of hydrogen-bond acceptors (Lipinski definition) is 1. The van der Waals surface area contributed by atoms with E-state index in [4.69, 9.17) is 0 Å². The second-order valence-electron chi connectivity index (χ2n) is 7.98. The van der Waals surface area contributed by atoms with Crippen LogP contribution in [0, 0.1) is 35.0 Å². The van der Waals surface area contributed by atoms with E-state index in [0.29, 0.717) is 18.1 Å². The van der Waals surface area contributed by atoms with Gasteiger partial charge >= 0.3 is 0 Å². The molecule has 30 heavy (non-hydrogen) atoms. The maximum absolute atomic E-state index is 14.7. The first-order valence-electron chi connectivity index (χ1n) is 9.94. The molecular weight excluding hydrogens is 397 g/mol. The Labute approximate surface area is 171 Å². The molecule has 1 fully saturated rings. The van der Waals surface area contributed by atoms with Crippen molar-refractivity contribution < 1.29 is 22.0 Å². The van der Waals surface area contributed by atoms with Crippen LogP contribution in [0.2, 0.25) is 0 Å². The minimum atomic E-state index is -1.66. The fourth-order valence-corrected chi connectivity index (χ4v) is 4.08. The lowest BCUT2D eigenvalue weighted by Gasteiger charge is -2.26. The highest BCUT2D eigenvalue weighted by Crippen LogP contribution is 2.36. The monoisotopic (exact) mass is 417 g/mol. The van der Waals surface area contributed by atoms with Crippen molar-refractivity contribution in [3.63, 3.8) is 0 Å². The first kappa shape index (κ1) is 20.5. The van der Waals surface area contributed by atoms with Gasteiger partial charge in [0.2, 0.25) is 0 Å². The van der Waals surface area contributed by atoms with Gasteiger partial charge in [-0.05, 0) is 60.1 Å². The van der Waals surface area contributed by atoms with E-state index in [0.717, 1.165) is 37.2 Å². The van der Waals surface area contributed by atoms with Crippen LogP contribution >= 0.6 is 0 Å². The summed E-state index contributed by atoms with van der Waals surface area (Å²) in [5, 5.41) is 0. The van der Waals surface area contributed by atoms with Crippen LogP contribution in [0.4, 0.5) is 22.0 Å². The number of hydrogen-bond donors (Lipinski definition) is 0. The average Bonchev–Trinajstić information content (AvgIpc) is 2.74. The Morgan fingerprint density at radius 3 is 1.93 bits per heavy atom. The van der Waals surface area contributed by atoms with E-state index in [9.17, 15) is 22.0 Å². The molecule has 1 saturated carbocycles. The lowest BCUT2D eigenvalue weighted by molar-refractivity contribution is 0.347. The summed E-state index contributed by atoms with van der Waals surface area (Å²) in [7, 11) is 0. The molecule has 0 amide bonds. The molecule has 1 nitrogen and oxygen atoms in total. The van der Waals surface area contributed by atoms with Crippen LogP contribution in [-0.2, 0) is 0 Å². The van der Waals surface area contributed by atoms with Crippen molar-refractivity contribution in [1.29, 1.82) is 0 Å². The van der Waals surface area contributed by atoms with Crippen LogP contribution in [0.1, 0.15) is 44.1 Å². The normalized spacial score (nSPS) is 19.1. The second-order valence-corrected chi connectivity index (χ2v) is 7.98. The largest absolute Gasteiger partial charge is 0.256 e. The molecule has 0 unspecified atom stereocenters. The third-order valence-electron chi connectivity index (χ3n) is 5.93. The quantitative estimate of drug-likeness (QED) is 0.319. The minimum absolute atomic E-state index is 0.0527. The topological polar surface area (TPSA) is 12.9 Å². The number of pyridine rings is 1. The molecular formula is C24H20F5N. The van der Waals surface area contributed by atoms with Crippen LogP contribution in [0.25, 0.3) is 22.4 Å². The van der Waals surface area contributed by atoms with E-state index >= 15 is 0 Å². The van der Waals surface area contributed by atoms with Crippen LogP contribution < -0.4 is 0 Å². The zero-order chi connectivity index (χ0) is 21.4. The predicted octanol–water partition coefficient (Wildman–Crippen LogP) is 7.40. The molecule has 1 aliphatic rings. The van der Waals surface area contributed by atoms with Crippen molar-refractivity contribution in [3.05, 3.63) is 77.2 Å². The molecule has 0 saturated heterocycles. The Morgan fingerprint density at radius 2 is 1.33 bits per heavy atom. The van der Waals surface area contributed by atoms with Crippen LogP contribution in [-0.4, -0.2) is 4.98 Å². The minimum Gasteiger partial charge on any atom is -0.256 e. The maximum Gasteiger partial charge on any atom is 0.194 e. The van der Waals surface area contributed by atoms with Gasteiger partial charge < -0.3 is 0 Å². The smallest absolute Gasteiger partial charge is 0.194 e. The molecule has 0 aliphatic heterocycles. The molecule has 0 bridgehead atoms. The maximum atomic E-state index is 14.7. The number of aromatic nitrogens is 1. The van der Waals surface area contributed by atoms with Gasteiger partial charge in [0.25, 0.3) is 0 Å². The highest BCUT2D eigenvalue weighted by atomic mass is 19.2. The summed E-state index contributed by atoms with van der Waals surface area (Å²) < 4.78 is 69.5. The zero-order valence-electron chi connectivity index (χ0n) is 16.4. The lowest BCUT2D eigenvalue weighted by Crippen LogP contribution is -2.11. The summed E-state index contributed by atoms with van der Waals surface area (Å²) in [6, 6.07) is 7.32. The van der Waals surface area contributed by atoms with E-state index in [1.807, 2.05) is 6.07 Å². The fraction of sp³-hybridized carbons (Fsp3) is 0.292. The number of nitrogens with zero attached hydrogens (tertiary/aromatic N) is 1. The highest BCUT2D eigenvalue weighted by Gasteiger charge is 2.22. The van der Waals surface area contributed by atoms with Crippen LogP contribution in [0.5, 0.6) is 0 Å². The number of benzene rings is 2. The first-order chi connectivity index (χ1) is 14.3. The zero-order valence-corrected chi connectivity index (χ0v) is 16.4. The second kappa shape index (κ2) is 8.17. The van der Waals surface area contributed by atoms with Gasteiger partial charge in [-0.15, -0.1) is 0 Å². The number of halogens is 5. The summed E-state index contributed by atoms with van der Waals surface area (Å²) in [6.45, 7) is 2.24. The highest BCUT2D eigenvalue weighted by molar-refractivity contribution is 5.70.